The fraction of sp³-hybridized carbons (Fsp3) is 0.769. The first-order valence-electron chi connectivity index (χ1n) is 6.39. The number of carbonyl (C=O) groups excluding carboxylic acids is 1. The highest BCUT2D eigenvalue weighted by atomic mass is 16.6. The zero-order valence-corrected chi connectivity index (χ0v) is 12.3. The standard InChI is InChI=1S/C13H22O7/c1-5-12(3,4)20-10(16)8-13(11(17)18,19-6-2)7-9(14)15/h5-8H2,1-4H3,(H,14,15)(H,17,18). The van der Waals surface area contributed by atoms with Crippen LogP contribution in [-0.2, 0) is 23.9 Å². The van der Waals surface area contributed by atoms with Crippen molar-refractivity contribution >= 4 is 17.9 Å². The minimum atomic E-state index is -2.10. The molecule has 0 aliphatic carbocycles. The molecule has 0 heterocycles. The topological polar surface area (TPSA) is 110 Å². The fourth-order valence-electron chi connectivity index (χ4n) is 1.55. The predicted octanol–water partition coefficient (Wildman–Crippen LogP) is 1.44. The maximum absolute atomic E-state index is 11.8. The van der Waals surface area contributed by atoms with Crippen LogP contribution in [-0.4, -0.2) is 45.9 Å². The maximum Gasteiger partial charge on any atom is 0.337 e. The van der Waals surface area contributed by atoms with E-state index in [1.54, 1.807) is 13.8 Å². The summed E-state index contributed by atoms with van der Waals surface area (Å²) in [4.78, 5) is 34.0. The molecule has 20 heavy (non-hydrogen) atoms. The average Bonchev–Trinajstić information content (AvgIpc) is 2.27. The second-order valence-corrected chi connectivity index (χ2v) is 5.07. The molecule has 0 amide bonds. The molecule has 0 saturated heterocycles. The van der Waals surface area contributed by atoms with Gasteiger partial charge in [0.2, 0.25) is 0 Å². The summed E-state index contributed by atoms with van der Waals surface area (Å²) in [7, 11) is 0. The Morgan fingerprint density at radius 1 is 1.05 bits per heavy atom. The molecule has 0 aliphatic rings. The van der Waals surface area contributed by atoms with E-state index in [0.717, 1.165) is 0 Å². The van der Waals surface area contributed by atoms with Crippen molar-refractivity contribution in [1.82, 2.24) is 0 Å². The SMILES string of the molecule is CCOC(CC(=O)O)(CC(=O)OC(C)(C)CC)C(=O)O. The van der Waals surface area contributed by atoms with Crippen LogP contribution in [0.25, 0.3) is 0 Å². The Morgan fingerprint density at radius 2 is 1.60 bits per heavy atom. The van der Waals surface area contributed by atoms with Crippen LogP contribution >= 0.6 is 0 Å². The molecule has 0 aromatic carbocycles. The molecule has 7 heteroatoms. The molecular formula is C13H22O7. The molecule has 1 atom stereocenters. The quantitative estimate of drug-likeness (QED) is 0.618. The Hall–Kier alpha value is -1.63. The third-order valence-electron chi connectivity index (χ3n) is 2.92. The lowest BCUT2D eigenvalue weighted by atomic mass is 9.95. The first-order valence-corrected chi connectivity index (χ1v) is 6.39. The van der Waals surface area contributed by atoms with E-state index in [4.69, 9.17) is 14.6 Å². The average molecular weight is 290 g/mol. The highest BCUT2D eigenvalue weighted by Crippen LogP contribution is 2.25. The lowest BCUT2D eigenvalue weighted by Crippen LogP contribution is -2.46. The van der Waals surface area contributed by atoms with Crippen molar-refractivity contribution in [2.24, 2.45) is 0 Å². The lowest BCUT2D eigenvalue weighted by molar-refractivity contribution is -0.183. The van der Waals surface area contributed by atoms with Gasteiger partial charge in [0.25, 0.3) is 0 Å². The Morgan fingerprint density at radius 3 is 1.95 bits per heavy atom. The third-order valence-corrected chi connectivity index (χ3v) is 2.92. The van der Waals surface area contributed by atoms with Crippen molar-refractivity contribution in [2.75, 3.05) is 6.61 Å². The number of carbonyl (C=O) groups is 3. The van der Waals surface area contributed by atoms with Crippen molar-refractivity contribution in [3.8, 4) is 0 Å². The van der Waals surface area contributed by atoms with E-state index in [1.807, 2.05) is 6.92 Å². The van der Waals surface area contributed by atoms with Crippen molar-refractivity contribution in [1.29, 1.82) is 0 Å². The molecule has 0 radical (unpaired) electrons. The second-order valence-electron chi connectivity index (χ2n) is 5.07. The smallest absolute Gasteiger partial charge is 0.337 e. The van der Waals surface area contributed by atoms with Gasteiger partial charge in [-0.25, -0.2) is 4.79 Å². The summed E-state index contributed by atoms with van der Waals surface area (Å²) in [6.07, 6.45) is -0.907. The summed E-state index contributed by atoms with van der Waals surface area (Å²) < 4.78 is 10.2. The van der Waals surface area contributed by atoms with Crippen molar-refractivity contribution < 1.29 is 34.1 Å². The molecule has 0 fully saturated rings. The van der Waals surface area contributed by atoms with Gasteiger partial charge in [0.05, 0.1) is 12.8 Å². The first-order chi connectivity index (χ1) is 9.08. The molecule has 7 nitrogen and oxygen atoms in total. The molecule has 0 bridgehead atoms. The van der Waals surface area contributed by atoms with Crippen molar-refractivity contribution in [3.05, 3.63) is 0 Å². The summed E-state index contributed by atoms with van der Waals surface area (Å²) >= 11 is 0. The number of carboxylic acid groups (broad SMARTS) is 2. The van der Waals surface area contributed by atoms with Gasteiger partial charge < -0.3 is 19.7 Å². The highest BCUT2D eigenvalue weighted by Gasteiger charge is 2.45. The minimum absolute atomic E-state index is 0.0238. The van der Waals surface area contributed by atoms with Gasteiger partial charge >= 0.3 is 17.9 Å². The van der Waals surface area contributed by atoms with E-state index < -0.39 is 42.0 Å². The number of carboxylic acids is 2. The Balaban J connectivity index is 5.10. The van der Waals surface area contributed by atoms with Crippen LogP contribution < -0.4 is 0 Å². The molecule has 0 rings (SSSR count). The van der Waals surface area contributed by atoms with E-state index >= 15 is 0 Å². The number of hydrogen-bond donors (Lipinski definition) is 2. The second kappa shape index (κ2) is 7.23. The zero-order chi connectivity index (χ0) is 16.0. The minimum Gasteiger partial charge on any atom is -0.481 e. The molecule has 0 spiro atoms. The van der Waals surface area contributed by atoms with Crippen LogP contribution in [0, 0.1) is 0 Å². The number of rotatable bonds is 9. The van der Waals surface area contributed by atoms with Gasteiger partial charge in [0, 0.05) is 6.61 Å². The number of aliphatic carboxylic acids is 2. The van der Waals surface area contributed by atoms with Gasteiger partial charge in [0.1, 0.15) is 5.60 Å². The summed E-state index contributed by atoms with van der Waals surface area (Å²) in [6.45, 7) is 6.69. The van der Waals surface area contributed by atoms with Gasteiger partial charge in [-0.3, -0.25) is 9.59 Å². The van der Waals surface area contributed by atoms with E-state index in [0.29, 0.717) is 6.42 Å². The van der Waals surface area contributed by atoms with E-state index in [-0.39, 0.29) is 6.61 Å². The molecule has 0 aromatic rings. The summed E-state index contributed by atoms with van der Waals surface area (Å²) in [5.74, 6) is -3.65. The summed E-state index contributed by atoms with van der Waals surface area (Å²) in [5.41, 5.74) is -2.84. The van der Waals surface area contributed by atoms with Crippen LogP contribution in [0.1, 0.15) is 47.0 Å². The molecule has 2 N–H and O–H groups in total. The molecular weight excluding hydrogens is 268 g/mol. The van der Waals surface area contributed by atoms with Crippen molar-refractivity contribution in [3.63, 3.8) is 0 Å². The number of esters is 1. The first kappa shape index (κ1) is 18.4. The monoisotopic (exact) mass is 290 g/mol. The van der Waals surface area contributed by atoms with Crippen LogP contribution in [0.2, 0.25) is 0 Å². The predicted molar refractivity (Wildman–Crippen MR) is 69.3 cm³/mol. The van der Waals surface area contributed by atoms with E-state index in [1.165, 1.54) is 6.92 Å². The third kappa shape index (κ3) is 5.56. The molecule has 0 aromatic heterocycles. The van der Waals surface area contributed by atoms with Gasteiger partial charge in [-0.1, -0.05) is 6.92 Å². The molecule has 116 valence electrons. The molecule has 1 unspecified atom stereocenters. The van der Waals surface area contributed by atoms with Crippen LogP contribution in [0.3, 0.4) is 0 Å². The fourth-order valence-corrected chi connectivity index (χ4v) is 1.55. The normalized spacial score (nSPS) is 14.4. The Bertz CT molecular complexity index is 375. The zero-order valence-electron chi connectivity index (χ0n) is 12.3. The Kier molecular flexibility index (Phi) is 6.64. The number of ether oxygens (including phenoxy) is 2. The van der Waals surface area contributed by atoms with Crippen molar-refractivity contribution in [2.45, 2.75) is 58.2 Å². The number of hydrogen-bond acceptors (Lipinski definition) is 5. The van der Waals surface area contributed by atoms with Crippen LogP contribution in [0.15, 0.2) is 0 Å². The van der Waals surface area contributed by atoms with E-state index in [2.05, 4.69) is 0 Å². The summed E-state index contributed by atoms with van der Waals surface area (Å²) in [6, 6.07) is 0. The lowest BCUT2D eigenvalue weighted by Gasteiger charge is -2.29. The Labute approximate surface area is 117 Å². The molecule has 0 saturated carbocycles. The maximum atomic E-state index is 11.8. The van der Waals surface area contributed by atoms with Gasteiger partial charge in [-0.05, 0) is 27.2 Å². The summed E-state index contributed by atoms with van der Waals surface area (Å²) in [5, 5.41) is 18.0. The van der Waals surface area contributed by atoms with Gasteiger partial charge in [-0.2, -0.15) is 0 Å². The van der Waals surface area contributed by atoms with E-state index in [9.17, 15) is 19.5 Å². The van der Waals surface area contributed by atoms with Crippen LogP contribution in [0.5, 0.6) is 0 Å². The van der Waals surface area contributed by atoms with Gasteiger partial charge in [0.15, 0.2) is 5.60 Å². The van der Waals surface area contributed by atoms with Crippen LogP contribution in [0.4, 0.5) is 0 Å². The molecule has 0 aliphatic heterocycles. The van der Waals surface area contributed by atoms with Gasteiger partial charge in [-0.15, -0.1) is 0 Å². The highest BCUT2D eigenvalue weighted by molar-refractivity contribution is 5.89. The largest absolute Gasteiger partial charge is 0.481 e.